The fourth-order valence-corrected chi connectivity index (χ4v) is 1.12. The van der Waals surface area contributed by atoms with Crippen molar-refractivity contribution in [2.24, 2.45) is 17.8 Å². The summed E-state index contributed by atoms with van der Waals surface area (Å²) in [5, 5.41) is 0. The van der Waals surface area contributed by atoms with Crippen LogP contribution in [-0.2, 0) is 14.4 Å². The summed E-state index contributed by atoms with van der Waals surface area (Å²) in [6.07, 6.45) is 4.90. The minimum Gasteiger partial charge on any atom is -0.306 e. The van der Waals surface area contributed by atoms with E-state index in [-0.39, 0.29) is 29.3 Å². The van der Waals surface area contributed by atoms with Crippen LogP contribution in [-0.4, -0.2) is 42.9 Å². The second kappa shape index (κ2) is 16.6. The van der Waals surface area contributed by atoms with Gasteiger partial charge in [0.1, 0.15) is 0 Å². The lowest BCUT2D eigenvalue weighted by atomic mass is 10.1. The molecule has 0 saturated carbocycles. The van der Waals surface area contributed by atoms with E-state index >= 15 is 0 Å². The van der Waals surface area contributed by atoms with E-state index in [0.29, 0.717) is 0 Å². The first-order valence-corrected chi connectivity index (χ1v) is 8.67. The molecule has 0 amide bonds. The standard InChI is InChI=1S/C9H17NO.C6H9FO.C6H10O/c1-8(2)9(11)6-5-7-10(3)4;1-4(2)6(8)5(3)7;1-4-6(7)5(2)3/h5-6,8H,7H2,1-4H3;4H,3H2,1-2H3;4-5H,1H2,2-3H3/b6-5+;;. The van der Waals surface area contributed by atoms with E-state index in [2.05, 4.69) is 13.2 Å². The highest BCUT2D eigenvalue weighted by Gasteiger charge is 2.09. The van der Waals surface area contributed by atoms with Gasteiger partial charge in [0.2, 0.25) is 0 Å². The largest absolute Gasteiger partial charge is 0.306 e. The molecule has 5 heteroatoms. The van der Waals surface area contributed by atoms with Crippen molar-refractivity contribution in [3.8, 4) is 0 Å². The molecule has 0 radical (unpaired) electrons. The van der Waals surface area contributed by atoms with E-state index in [1.165, 1.54) is 6.08 Å². The Bertz CT molecular complexity index is 489. The second-order valence-corrected chi connectivity index (χ2v) is 6.91. The van der Waals surface area contributed by atoms with Gasteiger partial charge >= 0.3 is 0 Å². The molecule has 0 aromatic carbocycles. The molecule has 0 fully saturated rings. The van der Waals surface area contributed by atoms with Gasteiger partial charge in [0, 0.05) is 24.3 Å². The molecular formula is C21H36FNO3. The molecule has 0 bridgehead atoms. The molecule has 0 aromatic heterocycles. The Balaban J connectivity index is -0.000000315. The van der Waals surface area contributed by atoms with Crippen molar-refractivity contribution in [1.82, 2.24) is 4.90 Å². The lowest BCUT2D eigenvalue weighted by molar-refractivity contribution is -0.119. The first-order valence-electron chi connectivity index (χ1n) is 8.67. The Labute approximate surface area is 158 Å². The molecule has 150 valence electrons. The number of carbonyl (C=O) groups excluding carboxylic acids is 3. The molecule has 0 aliphatic heterocycles. The fourth-order valence-electron chi connectivity index (χ4n) is 1.12. The van der Waals surface area contributed by atoms with Crippen molar-refractivity contribution < 1.29 is 18.8 Å². The molecule has 0 heterocycles. The van der Waals surface area contributed by atoms with E-state index in [1.54, 1.807) is 19.9 Å². The minimum absolute atomic E-state index is 0.109. The average Bonchev–Trinajstić information content (AvgIpc) is 2.53. The first kappa shape index (κ1) is 28.9. The molecule has 0 unspecified atom stereocenters. The van der Waals surface area contributed by atoms with Crippen molar-refractivity contribution >= 4 is 17.3 Å². The van der Waals surface area contributed by atoms with Gasteiger partial charge in [-0.15, -0.1) is 0 Å². The predicted octanol–water partition coefficient (Wildman–Crippen LogP) is 4.42. The zero-order chi connectivity index (χ0) is 21.4. The molecule has 0 saturated heterocycles. The number of allylic oxidation sites excluding steroid dienone is 3. The highest BCUT2D eigenvalue weighted by atomic mass is 19.1. The maximum atomic E-state index is 11.8. The maximum Gasteiger partial charge on any atom is 0.193 e. The van der Waals surface area contributed by atoms with Crippen LogP contribution < -0.4 is 0 Å². The van der Waals surface area contributed by atoms with Gasteiger partial charge in [-0.3, -0.25) is 14.4 Å². The number of rotatable bonds is 8. The Morgan fingerprint density at radius 2 is 1.35 bits per heavy atom. The molecule has 0 aromatic rings. The van der Waals surface area contributed by atoms with Gasteiger partial charge in [0.25, 0.3) is 0 Å². The quantitative estimate of drug-likeness (QED) is 0.594. The number of carbonyl (C=O) groups is 3. The maximum absolute atomic E-state index is 11.8. The van der Waals surface area contributed by atoms with Crippen LogP contribution in [0.4, 0.5) is 4.39 Å². The topological polar surface area (TPSA) is 54.5 Å². The van der Waals surface area contributed by atoms with Crippen LogP contribution in [0, 0.1) is 17.8 Å². The van der Waals surface area contributed by atoms with Crippen LogP contribution >= 0.6 is 0 Å². The van der Waals surface area contributed by atoms with Gasteiger partial charge in [-0.1, -0.05) is 60.8 Å². The van der Waals surface area contributed by atoms with E-state index in [9.17, 15) is 18.8 Å². The highest BCUT2D eigenvalue weighted by Crippen LogP contribution is 2.03. The number of nitrogens with zero attached hydrogens (tertiary/aromatic N) is 1. The summed E-state index contributed by atoms with van der Waals surface area (Å²) >= 11 is 0. The number of hydrogen-bond acceptors (Lipinski definition) is 4. The van der Waals surface area contributed by atoms with Gasteiger partial charge in [0.15, 0.2) is 23.2 Å². The number of halogens is 1. The molecule has 0 N–H and O–H groups in total. The smallest absolute Gasteiger partial charge is 0.193 e. The summed E-state index contributed by atoms with van der Waals surface area (Å²) in [5.41, 5.74) is 0. The SMILES string of the molecule is C=C(F)C(=O)C(C)C.C=CC(=O)C(C)C.CC(C)C(=O)/C=C/CN(C)C. The van der Waals surface area contributed by atoms with Crippen LogP contribution in [0.5, 0.6) is 0 Å². The van der Waals surface area contributed by atoms with Crippen molar-refractivity contribution in [2.45, 2.75) is 41.5 Å². The third-order valence-electron chi connectivity index (χ3n) is 2.88. The Hall–Kier alpha value is -1.88. The summed E-state index contributed by atoms with van der Waals surface area (Å²) in [6.45, 7) is 17.8. The van der Waals surface area contributed by atoms with E-state index in [4.69, 9.17) is 0 Å². The van der Waals surface area contributed by atoms with Crippen LogP contribution in [0.2, 0.25) is 0 Å². The van der Waals surface area contributed by atoms with Crippen LogP contribution in [0.1, 0.15) is 41.5 Å². The molecule has 0 atom stereocenters. The molecule has 4 nitrogen and oxygen atoms in total. The van der Waals surface area contributed by atoms with Gasteiger partial charge in [-0.25, -0.2) is 4.39 Å². The van der Waals surface area contributed by atoms with Gasteiger partial charge in [0.05, 0.1) is 0 Å². The normalized spacial score (nSPS) is 10.3. The molecule has 0 aliphatic rings. The lowest BCUT2D eigenvalue weighted by Crippen LogP contribution is -2.11. The molecule has 26 heavy (non-hydrogen) atoms. The van der Waals surface area contributed by atoms with Crippen LogP contribution in [0.3, 0.4) is 0 Å². The zero-order valence-electron chi connectivity index (χ0n) is 17.6. The van der Waals surface area contributed by atoms with E-state index in [1.807, 2.05) is 52.8 Å². The highest BCUT2D eigenvalue weighted by molar-refractivity contribution is 5.94. The number of Topliss-reactive ketones (excluding diaryl/α,β-unsaturated/α-hetero) is 1. The molecular weight excluding hydrogens is 333 g/mol. The van der Waals surface area contributed by atoms with Crippen molar-refractivity contribution in [3.63, 3.8) is 0 Å². The van der Waals surface area contributed by atoms with E-state index in [0.717, 1.165) is 6.54 Å². The third-order valence-corrected chi connectivity index (χ3v) is 2.88. The summed E-state index contributed by atoms with van der Waals surface area (Å²) in [6, 6.07) is 0. The first-order chi connectivity index (χ1) is 11.8. The van der Waals surface area contributed by atoms with Crippen LogP contribution in [0.15, 0.2) is 37.2 Å². The van der Waals surface area contributed by atoms with Crippen LogP contribution in [0.25, 0.3) is 0 Å². The minimum atomic E-state index is -0.847. The van der Waals surface area contributed by atoms with Crippen molar-refractivity contribution in [1.29, 1.82) is 0 Å². The summed E-state index contributed by atoms with van der Waals surface area (Å²) in [7, 11) is 3.95. The number of ketones is 3. The number of likely N-dealkylation sites (N-methyl/N-ethyl adjacent to an activating group) is 1. The Morgan fingerprint density at radius 1 is 0.923 bits per heavy atom. The summed E-state index contributed by atoms with van der Waals surface area (Å²) < 4.78 is 11.8. The summed E-state index contributed by atoms with van der Waals surface area (Å²) in [4.78, 5) is 33.8. The van der Waals surface area contributed by atoms with Gasteiger partial charge in [-0.2, -0.15) is 0 Å². The van der Waals surface area contributed by atoms with Crippen molar-refractivity contribution in [3.05, 3.63) is 37.2 Å². The molecule has 0 rings (SSSR count). The van der Waals surface area contributed by atoms with Crippen molar-refractivity contribution in [2.75, 3.05) is 20.6 Å². The fraction of sp³-hybridized carbons (Fsp3) is 0.571. The number of hydrogen-bond donors (Lipinski definition) is 0. The molecule has 0 aliphatic carbocycles. The van der Waals surface area contributed by atoms with Gasteiger partial charge in [-0.05, 0) is 26.2 Å². The van der Waals surface area contributed by atoms with Gasteiger partial charge < -0.3 is 4.90 Å². The third kappa shape index (κ3) is 20.2. The second-order valence-electron chi connectivity index (χ2n) is 6.91. The lowest BCUT2D eigenvalue weighted by Gasteiger charge is -2.03. The Morgan fingerprint density at radius 3 is 1.50 bits per heavy atom. The van der Waals surface area contributed by atoms with E-state index < -0.39 is 11.6 Å². The molecule has 0 spiro atoms. The summed E-state index contributed by atoms with van der Waals surface area (Å²) in [5.74, 6) is -1.09. The monoisotopic (exact) mass is 369 g/mol. The predicted molar refractivity (Wildman–Crippen MR) is 108 cm³/mol. The average molecular weight is 370 g/mol. The Kier molecular flexibility index (Phi) is 18.4. The zero-order valence-corrected chi connectivity index (χ0v) is 17.6.